The van der Waals surface area contributed by atoms with Gasteiger partial charge in [0.2, 0.25) is 5.91 Å². The van der Waals surface area contributed by atoms with Gasteiger partial charge < -0.3 is 20.4 Å². The summed E-state index contributed by atoms with van der Waals surface area (Å²) in [6.45, 7) is 3.34. The zero-order chi connectivity index (χ0) is 11.8. The van der Waals surface area contributed by atoms with Crippen molar-refractivity contribution in [3.63, 3.8) is 0 Å². The predicted octanol–water partition coefficient (Wildman–Crippen LogP) is -1.10. The van der Waals surface area contributed by atoms with E-state index in [9.17, 15) is 4.79 Å². The van der Waals surface area contributed by atoms with E-state index in [0.29, 0.717) is 0 Å². The van der Waals surface area contributed by atoms with Gasteiger partial charge in [-0.15, -0.1) is 0 Å². The lowest BCUT2D eigenvalue weighted by molar-refractivity contribution is -0.130. The number of carbonyl (C=O) groups is 1. The lowest BCUT2D eigenvalue weighted by Crippen LogP contribution is -2.43. The first-order valence-corrected chi connectivity index (χ1v) is 5.24. The molecule has 15 heavy (non-hydrogen) atoms. The van der Waals surface area contributed by atoms with Crippen molar-refractivity contribution in [1.29, 1.82) is 0 Å². The van der Waals surface area contributed by atoms with Gasteiger partial charge >= 0.3 is 0 Å². The van der Waals surface area contributed by atoms with Gasteiger partial charge in [-0.1, -0.05) is 0 Å². The molecule has 0 aromatic carbocycles. The lowest BCUT2D eigenvalue weighted by atomic mass is 10.4. The summed E-state index contributed by atoms with van der Waals surface area (Å²) in [5, 5.41) is 0. The second kappa shape index (κ2) is 7.62. The van der Waals surface area contributed by atoms with Gasteiger partial charge in [0, 0.05) is 26.2 Å². The molecular weight excluding hydrogens is 192 g/mol. The standard InChI is InChI=1S/C10H24N4O/c1-12(2)5-7-14(10(15)9-11)8-6-13(3)4/h5-9,11H2,1-4H3. The minimum Gasteiger partial charge on any atom is -0.339 e. The summed E-state index contributed by atoms with van der Waals surface area (Å²) in [5.41, 5.74) is 5.37. The Morgan fingerprint density at radius 1 is 0.933 bits per heavy atom. The molecule has 0 spiro atoms. The maximum Gasteiger partial charge on any atom is 0.236 e. The number of nitrogens with zero attached hydrogens (tertiary/aromatic N) is 3. The number of carbonyl (C=O) groups excluding carboxylic acids is 1. The molecule has 0 fully saturated rings. The third-order valence-electron chi connectivity index (χ3n) is 2.16. The number of rotatable bonds is 7. The fourth-order valence-corrected chi connectivity index (χ4v) is 1.13. The van der Waals surface area contributed by atoms with E-state index in [-0.39, 0.29) is 12.5 Å². The summed E-state index contributed by atoms with van der Waals surface area (Å²) in [4.78, 5) is 17.4. The largest absolute Gasteiger partial charge is 0.339 e. The van der Waals surface area contributed by atoms with E-state index in [2.05, 4.69) is 9.80 Å². The molecule has 0 atom stereocenters. The minimum absolute atomic E-state index is 0.0266. The van der Waals surface area contributed by atoms with Crippen LogP contribution in [-0.2, 0) is 4.79 Å². The summed E-state index contributed by atoms with van der Waals surface area (Å²) in [7, 11) is 7.99. The van der Waals surface area contributed by atoms with Crippen molar-refractivity contribution in [1.82, 2.24) is 14.7 Å². The highest BCUT2D eigenvalue weighted by Crippen LogP contribution is 1.91. The van der Waals surface area contributed by atoms with Crippen molar-refractivity contribution < 1.29 is 4.79 Å². The third-order valence-corrected chi connectivity index (χ3v) is 2.16. The fourth-order valence-electron chi connectivity index (χ4n) is 1.13. The molecule has 0 aliphatic rings. The monoisotopic (exact) mass is 216 g/mol. The Labute approximate surface area is 92.8 Å². The molecule has 5 nitrogen and oxygen atoms in total. The maximum absolute atomic E-state index is 11.5. The van der Waals surface area contributed by atoms with E-state index in [1.807, 2.05) is 33.1 Å². The van der Waals surface area contributed by atoms with Crippen LogP contribution in [0.5, 0.6) is 0 Å². The van der Waals surface area contributed by atoms with Crippen molar-refractivity contribution in [2.24, 2.45) is 5.73 Å². The Kier molecular flexibility index (Phi) is 7.29. The molecular formula is C10H24N4O. The highest BCUT2D eigenvalue weighted by Gasteiger charge is 2.11. The molecule has 1 amide bonds. The molecule has 0 saturated carbocycles. The van der Waals surface area contributed by atoms with Crippen LogP contribution in [0.2, 0.25) is 0 Å². The number of nitrogens with two attached hydrogens (primary N) is 1. The van der Waals surface area contributed by atoms with Crippen LogP contribution in [0.25, 0.3) is 0 Å². The number of amides is 1. The maximum atomic E-state index is 11.5. The first-order chi connectivity index (χ1) is 6.97. The van der Waals surface area contributed by atoms with Crippen LogP contribution in [0.3, 0.4) is 0 Å². The van der Waals surface area contributed by atoms with Crippen LogP contribution < -0.4 is 5.73 Å². The normalized spacial score (nSPS) is 11.1. The second-order valence-electron chi connectivity index (χ2n) is 4.19. The Balaban J connectivity index is 4.01. The molecule has 0 bridgehead atoms. The van der Waals surface area contributed by atoms with Gasteiger partial charge in [0.05, 0.1) is 6.54 Å². The number of hydrogen-bond acceptors (Lipinski definition) is 4. The Morgan fingerprint density at radius 3 is 1.60 bits per heavy atom. The van der Waals surface area contributed by atoms with E-state index in [0.717, 1.165) is 26.2 Å². The highest BCUT2D eigenvalue weighted by atomic mass is 16.2. The molecule has 0 aromatic rings. The molecule has 0 heterocycles. The lowest BCUT2D eigenvalue weighted by Gasteiger charge is -2.25. The quantitative estimate of drug-likeness (QED) is 0.587. The van der Waals surface area contributed by atoms with Crippen molar-refractivity contribution >= 4 is 5.91 Å². The molecule has 0 saturated heterocycles. The SMILES string of the molecule is CN(C)CCN(CCN(C)C)C(=O)CN. The van der Waals surface area contributed by atoms with E-state index in [1.54, 1.807) is 0 Å². The molecule has 0 aliphatic heterocycles. The van der Waals surface area contributed by atoms with Gasteiger partial charge in [-0.25, -0.2) is 0 Å². The van der Waals surface area contributed by atoms with Crippen LogP contribution >= 0.6 is 0 Å². The zero-order valence-electron chi connectivity index (χ0n) is 10.4. The molecule has 2 N–H and O–H groups in total. The van der Waals surface area contributed by atoms with Gasteiger partial charge in [0.25, 0.3) is 0 Å². The van der Waals surface area contributed by atoms with Gasteiger partial charge in [-0.3, -0.25) is 4.79 Å². The smallest absolute Gasteiger partial charge is 0.236 e. The van der Waals surface area contributed by atoms with Crippen LogP contribution in [0, 0.1) is 0 Å². The fraction of sp³-hybridized carbons (Fsp3) is 0.900. The van der Waals surface area contributed by atoms with Crippen LogP contribution in [0.4, 0.5) is 0 Å². The summed E-state index contributed by atoms with van der Waals surface area (Å²) in [6.07, 6.45) is 0. The summed E-state index contributed by atoms with van der Waals surface area (Å²) in [6, 6.07) is 0. The zero-order valence-corrected chi connectivity index (χ0v) is 10.4. The topological polar surface area (TPSA) is 52.8 Å². The van der Waals surface area contributed by atoms with Crippen LogP contribution in [0.15, 0.2) is 0 Å². The van der Waals surface area contributed by atoms with E-state index >= 15 is 0 Å². The molecule has 0 aromatic heterocycles. The minimum atomic E-state index is 0.0266. The van der Waals surface area contributed by atoms with E-state index in [4.69, 9.17) is 5.73 Å². The van der Waals surface area contributed by atoms with Crippen LogP contribution in [0.1, 0.15) is 0 Å². The van der Waals surface area contributed by atoms with Gasteiger partial charge in [-0.2, -0.15) is 0 Å². The molecule has 5 heteroatoms. The Bertz CT molecular complexity index is 170. The number of hydrogen-bond donors (Lipinski definition) is 1. The van der Waals surface area contributed by atoms with Crippen molar-refractivity contribution in [2.75, 3.05) is 60.9 Å². The van der Waals surface area contributed by atoms with Crippen LogP contribution in [-0.4, -0.2) is 81.5 Å². The van der Waals surface area contributed by atoms with Gasteiger partial charge in [-0.05, 0) is 28.2 Å². The van der Waals surface area contributed by atoms with E-state index in [1.165, 1.54) is 0 Å². The first-order valence-electron chi connectivity index (χ1n) is 5.24. The average molecular weight is 216 g/mol. The van der Waals surface area contributed by atoms with Gasteiger partial charge in [0.15, 0.2) is 0 Å². The highest BCUT2D eigenvalue weighted by molar-refractivity contribution is 5.78. The second-order valence-corrected chi connectivity index (χ2v) is 4.19. The Morgan fingerprint density at radius 2 is 1.33 bits per heavy atom. The molecule has 0 aliphatic carbocycles. The van der Waals surface area contributed by atoms with E-state index < -0.39 is 0 Å². The summed E-state index contributed by atoms with van der Waals surface area (Å²) in [5.74, 6) is 0.0266. The molecule has 0 unspecified atom stereocenters. The average Bonchev–Trinajstić information content (AvgIpc) is 2.16. The number of likely N-dealkylation sites (N-methyl/N-ethyl adjacent to an activating group) is 2. The predicted molar refractivity (Wildman–Crippen MR) is 62.7 cm³/mol. The van der Waals surface area contributed by atoms with Crippen molar-refractivity contribution in [2.45, 2.75) is 0 Å². The van der Waals surface area contributed by atoms with Crippen molar-refractivity contribution in [3.8, 4) is 0 Å². The van der Waals surface area contributed by atoms with Crippen molar-refractivity contribution in [3.05, 3.63) is 0 Å². The molecule has 0 radical (unpaired) electrons. The molecule has 90 valence electrons. The molecule has 0 rings (SSSR count). The third kappa shape index (κ3) is 7.30. The summed E-state index contributed by atoms with van der Waals surface area (Å²) >= 11 is 0. The Hall–Kier alpha value is -0.650. The first kappa shape index (κ1) is 14.3. The summed E-state index contributed by atoms with van der Waals surface area (Å²) < 4.78 is 0. The van der Waals surface area contributed by atoms with Gasteiger partial charge in [0.1, 0.15) is 0 Å².